The molecule has 2 aromatic rings. The maximum atomic E-state index is 14.3. The van der Waals surface area contributed by atoms with Crippen LogP contribution < -0.4 is 9.64 Å². The number of hydrogen-bond donors (Lipinski definition) is 2. The summed E-state index contributed by atoms with van der Waals surface area (Å²) in [6, 6.07) is 4.39. The van der Waals surface area contributed by atoms with Crippen LogP contribution in [0.4, 0.5) is 10.2 Å². The first-order valence-electron chi connectivity index (χ1n) is 16.9. The van der Waals surface area contributed by atoms with Crippen LogP contribution in [0.1, 0.15) is 57.8 Å². The standard InChI is InChI=1S/C31H48FN7O3.C4H4O4/c1-9-39(22(4)5)30(40)25-14-23(32)10-11-27(25)42-29-28(33-20-34-35-29)37-13-12-31(17-37)18-38(19-31)26(21(2)3)15-24(41-8)16-36(6)7;5-3(6)1-2-4(7)8/h10-11,14,20-22,24,26H,9,12-13,15-19H2,1-8H3;1-2H,(H,5,6)(H,7,8)/b;2-1+/t24-,26-;/m0./s1. The van der Waals surface area contributed by atoms with Crippen LogP contribution in [0, 0.1) is 17.2 Å². The second-order valence-electron chi connectivity index (χ2n) is 13.8. The lowest BCUT2D eigenvalue weighted by Gasteiger charge is -2.53. The molecule has 2 aliphatic rings. The third kappa shape index (κ3) is 10.9. The van der Waals surface area contributed by atoms with Gasteiger partial charge in [-0.2, -0.15) is 0 Å². The number of carbonyl (C=O) groups excluding carboxylic acids is 1. The van der Waals surface area contributed by atoms with E-state index in [4.69, 9.17) is 19.7 Å². The molecule has 276 valence electrons. The van der Waals surface area contributed by atoms with Crippen molar-refractivity contribution in [2.24, 2.45) is 11.3 Å². The topological polar surface area (TPSA) is 162 Å². The average molecular weight is 702 g/mol. The molecule has 1 aromatic carbocycles. The smallest absolute Gasteiger partial charge is 0.328 e. The minimum absolute atomic E-state index is 0.0427. The lowest BCUT2D eigenvalue weighted by Crippen LogP contribution is -2.62. The highest BCUT2D eigenvalue weighted by molar-refractivity contribution is 5.97. The molecule has 2 aliphatic heterocycles. The van der Waals surface area contributed by atoms with Crippen LogP contribution in [0.15, 0.2) is 36.7 Å². The van der Waals surface area contributed by atoms with E-state index in [1.165, 1.54) is 24.5 Å². The maximum absolute atomic E-state index is 14.3. The molecule has 2 N–H and O–H groups in total. The number of ether oxygens (including phenoxy) is 2. The first kappa shape index (κ1) is 40.2. The van der Waals surface area contributed by atoms with Crippen molar-refractivity contribution in [3.05, 3.63) is 48.1 Å². The second kappa shape index (κ2) is 18.2. The quantitative estimate of drug-likeness (QED) is 0.258. The molecule has 2 atom stereocenters. The molecule has 15 heteroatoms. The first-order valence-corrected chi connectivity index (χ1v) is 16.9. The minimum atomic E-state index is -1.26. The summed E-state index contributed by atoms with van der Waals surface area (Å²) < 4.78 is 26.3. The number of anilines is 1. The predicted octanol–water partition coefficient (Wildman–Crippen LogP) is 3.89. The van der Waals surface area contributed by atoms with Gasteiger partial charge in [-0.15, -0.1) is 10.2 Å². The second-order valence-corrected chi connectivity index (χ2v) is 13.8. The average Bonchev–Trinajstić information content (AvgIpc) is 3.48. The van der Waals surface area contributed by atoms with E-state index in [9.17, 15) is 18.8 Å². The van der Waals surface area contributed by atoms with Gasteiger partial charge in [-0.05, 0) is 71.8 Å². The number of aliphatic carboxylic acids is 2. The van der Waals surface area contributed by atoms with Gasteiger partial charge in [0.1, 0.15) is 17.9 Å². The number of aromatic nitrogens is 3. The van der Waals surface area contributed by atoms with E-state index in [1.807, 2.05) is 27.9 Å². The molecule has 0 aliphatic carbocycles. The van der Waals surface area contributed by atoms with Gasteiger partial charge in [0.15, 0.2) is 5.82 Å². The zero-order valence-corrected chi connectivity index (χ0v) is 30.4. The number of methoxy groups -OCH3 is 1. The zero-order valence-electron chi connectivity index (χ0n) is 30.4. The van der Waals surface area contributed by atoms with Crippen LogP contribution >= 0.6 is 0 Å². The van der Waals surface area contributed by atoms with Gasteiger partial charge >= 0.3 is 11.9 Å². The number of hydrogen-bond acceptors (Lipinski definition) is 11. The molecule has 0 bridgehead atoms. The van der Waals surface area contributed by atoms with Gasteiger partial charge in [0.25, 0.3) is 11.8 Å². The summed E-state index contributed by atoms with van der Waals surface area (Å²) in [6.45, 7) is 15.5. The van der Waals surface area contributed by atoms with Gasteiger partial charge < -0.3 is 34.4 Å². The van der Waals surface area contributed by atoms with Gasteiger partial charge in [-0.3, -0.25) is 9.69 Å². The Kier molecular flexibility index (Phi) is 14.6. The number of amides is 1. The number of rotatable bonds is 15. The molecule has 0 saturated carbocycles. The SMILES string of the molecule is CCN(C(=O)c1cc(F)ccc1Oc1nncnc1N1CCC2(C1)CN([C@@H](C[C@@H](CN(C)C)OC)C(C)C)C2)C(C)C.O=C(O)/C=C/C(=O)O. The van der Waals surface area contributed by atoms with Crippen molar-refractivity contribution in [2.75, 3.05) is 65.4 Å². The van der Waals surface area contributed by atoms with Crippen LogP contribution in [-0.2, 0) is 14.3 Å². The number of likely N-dealkylation sites (N-methyl/N-ethyl adjacent to an activating group) is 1. The fraction of sp³-hybridized carbons (Fsp3) is 0.600. The highest BCUT2D eigenvalue weighted by Crippen LogP contribution is 2.44. The number of nitrogens with zero attached hydrogens (tertiary/aromatic N) is 7. The van der Waals surface area contributed by atoms with E-state index < -0.39 is 17.8 Å². The van der Waals surface area contributed by atoms with Gasteiger partial charge in [0.2, 0.25) is 0 Å². The highest BCUT2D eigenvalue weighted by atomic mass is 19.1. The number of halogens is 1. The van der Waals surface area contributed by atoms with Crippen LogP contribution in [0.5, 0.6) is 11.6 Å². The Labute approximate surface area is 293 Å². The molecule has 50 heavy (non-hydrogen) atoms. The number of carboxylic acid groups (broad SMARTS) is 2. The summed E-state index contributed by atoms with van der Waals surface area (Å²) in [6.07, 6.45) is 4.78. The van der Waals surface area contributed by atoms with E-state index in [0.717, 1.165) is 45.6 Å². The van der Waals surface area contributed by atoms with Crippen molar-refractivity contribution in [3.63, 3.8) is 0 Å². The molecule has 2 fully saturated rings. The lowest BCUT2D eigenvalue weighted by molar-refractivity contribution is -0.134. The normalized spacial score (nSPS) is 16.8. The largest absolute Gasteiger partial charge is 0.478 e. The summed E-state index contributed by atoms with van der Waals surface area (Å²) in [5.74, 6) is -1.75. The molecule has 1 spiro atoms. The summed E-state index contributed by atoms with van der Waals surface area (Å²) >= 11 is 0. The molecule has 4 rings (SSSR count). The Morgan fingerprint density at radius 3 is 2.28 bits per heavy atom. The summed E-state index contributed by atoms with van der Waals surface area (Å²) in [4.78, 5) is 45.6. The van der Waals surface area contributed by atoms with Crippen molar-refractivity contribution < 1.29 is 38.5 Å². The van der Waals surface area contributed by atoms with Gasteiger partial charge in [0.05, 0.1) is 11.7 Å². The van der Waals surface area contributed by atoms with E-state index in [2.05, 4.69) is 57.8 Å². The Morgan fingerprint density at radius 2 is 1.74 bits per heavy atom. The van der Waals surface area contributed by atoms with Crippen molar-refractivity contribution in [3.8, 4) is 11.6 Å². The van der Waals surface area contributed by atoms with Crippen molar-refractivity contribution in [1.29, 1.82) is 0 Å². The van der Waals surface area contributed by atoms with E-state index in [-0.39, 0.29) is 40.7 Å². The number of benzene rings is 1. The Bertz CT molecular complexity index is 1470. The monoisotopic (exact) mass is 701 g/mol. The molecular weight excluding hydrogens is 649 g/mol. The molecule has 0 unspecified atom stereocenters. The van der Waals surface area contributed by atoms with Crippen LogP contribution in [0.2, 0.25) is 0 Å². The molecule has 1 aromatic heterocycles. The van der Waals surface area contributed by atoms with E-state index in [1.54, 1.807) is 4.90 Å². The van der Waals surface area contributed by atoms with E-state index in [0.29, 0.717) is 36.5 Å². The summed E-state index contributed by atoms with van der Waals surface area (Å²) in [7, 11) is 5.98. The fourth-order valence-corrected chi connectivity index (χ4v) is 6.63. The molecule has 1 amide bonds. The molecule has 0 radical (unpaired) electrons. The van der Waals surface area contributed by atoms with Crippen LogP contribution in [0.25, 0.3) is 0 Å². The van der Waals surface area contributed by atoms with E-state index >= 15 is 0 Å². The van der Waals surface area contributed by atoms with Gasteiger partial charge in [-0.1, -0.05) is 13.8 Å². The lowest BCUT2D eigenvalue weighted by atomic mass is 9.76. The molecule has 2 saturated heterocycles. The van der Waals surface area contributed by atoms with Crippen molar-refractivity contribution in [1.82, 2.24) is 29.9 Å². The third-order valence-electron chi connectivity index (χ3n) is 9.00. The van der Waals surface area contributed by atoms with Crippen molar-refractivity contribution >= 4 is 23.7 Å². The third-order valence-corrected chi connectivity index (χ3v) is 9.00. The summed E-state index contributed by atoms with van der Waals surface area (Å²) in [5, 5.41) is 23.8. The number of likely N-dealkylation sites (tertiary alicyclic amines) is 1. The van der Waals surface area contributed by atoms with Crippen molar-refractivity contribution in [2.45, 2.75) is 65.6 Å². The van der Waals surface area contributed by atoms with Crippen LogP contribution in [-0.4, -0.2) is 137 Å². The predicted molar refractivity (Wildman–Crippen MR) is 186 cm³/mol. The number of carboxylic acids is 2. The Morgan fingerprint density at radius 1 is 1.08 bits per heavy atom. The van der Waals surface area contributed by atoms with Crippen LogP contribution in [0.3, 0.4) is 0 Å². The fourth-order valence-electron chi connectivity index (χ4n) is 6.63. The summed E-state index contributed by atoms with van der Waals surface area (Å²) in [5.41, 5.74) is 0.327. The van der Waals surface area contributed by atoms with Gasteiger partial charge in [-0.25, -0.2) is 19.0 Å². The van der Waals surface area contributed by atoms with Gasteiger partial charge in [0, 0.05) is 76.0 Å². The zero-order chi connectivity index (χ0) is 37.2. The Balaban J connectivity index is 0.000000753. The minimum Gasteiger partial charge on any atom is -0.478 e. The molecule has 3 heterocycles. The highest BCUT2D eigenvalue weighted by Gasteiger charge is 2.50. The molecule has 14 nitrogen and oxygen atoms in total. The molecular formula is C35H52FN7O7. The first-order chi connectivity index (χ1) is 23.6. The maximum Gasteiger partial charge on any atom is 0.328 e. The Hall–Kier alpha value is -4.21. The number of carbonyl (C=O) groups is 3.